The predicted molar refractivity (Wildman–Crippen MR) is 89.7 cm³/mol. The zero-order chi connectivity index (χ0) is 15.1. The molecule has 118 valence electrons. The molecule has 0 saturated heterocycles. The molecule has 5 heteroatoms. The number of rotatable bonds is 9. The van der Waals surface area contributed by atoms with Crippen molar-refractivity contribution >= 4 is 16.9 Å². The van der Waals surface area contributed by atoms with Crippen LogP contribution in [-0.2, 0) is 13.3 Å². The van der Waals surface area contributed by atoms with Gasteiger partial charge in [-0.15, -0.1) is 0 Å². The number of allylic oxidation sites excluding steroid dienone is 2. The highest BCUT2D eigenvalue weighted by Gasteiger charge is 2.47. The molecular formula is C15H32O3Si2. The first kappa shape index (κ1) is 18.1. The molecular weight excluding hydrogens is 284 g/mol. The monoisotopic (exact) mass is 316 g/mol. The van der Waals surface area contributed by atoms with Crippen LogP contribution in [0.1, 0.15) is 40.0 Å². The maximum absolute atomic E-state index is 6.34. The van der Waals surface area contributed by atoms with Gasteiger partial charge in [-0.25, -0.2) is 0 Å². The van der Waals surface area contributed by atoms with E-state index in [-0.39, 0.29) is 0 Å². The van der Waals surface area contributed by atoms with Crippen LogP contribution in [0.15, 0.2) is 12.2 Å². The van der Waals surface area contributed by atoms with E-state index in [0.29, 0.717) is 5.54 Å². The zero-order valence-corrected chi connectivity index (χ0v) is 15.9. The van der Waals surface area contributed by atoms with E-state index in [1.807, 2.05) is 0 Å². The quantitative estimate of drug-likeness (QED) is 0.466. The SMILES string of the molecule is CCO[Si](C)(C[Si](C)(OCC)C1CC=CCC1)OCC. The minimum atomic E-state index is -2.09. The molecule has 1 rings (SSSR count). The maximum atomic E-state index is 6.34. The van der Waals surface area contributed by atoms with Gasteiger partial charge in [0.1, 0.15) is 0 Å². The van der Waals surface area contributed by atoms with E-state index < -0.39 is 16.9 Å². The van der Waals surface area contributed by atoms with E-state index in [9.17, 15) is 0 Å². The van der Waals surface area contributed by atoms with Crippen molar-refractivity contribution in [3.63, 3.8) is 0 Å². The average molecular weight is 317 g/mol. The molecule has 20 heavy (non-hydrogen) atoms. The van der Waals surface area contributed by atoms with Gasteiger partial charge >= 0.3 is 8.56 Å². The molecule has 0 fully saturated rings. The molecule has 1 aliphatic rings. The Morgan fingerprint density at radius 1 is 0.950 bits per heavy atom. The molecule has 3 nitrogen and oxygen atoms in total. The molecule has 0 N–H and O–H groups in total. The summed E-state index contributed by atoms with van der Waals surface area (Å²) in [6.45, 7) is 13.1. The highest BCUT2D eigenvalue weighted by molar-refractivity contribution is 6.88. The number of hydrogen-bond donors (Lipinski definition) is 0. The smallest absolute Gasteiger partial charge is 0.334 e. The summed E-state index contributed by atoms with van der Waals surface area (Å²) in [5, 5.41) is 0. The van der Waals surface area contributed by atoms with Crippen molar-refractivity contribution in [2.75, 3.05) is 19.8 Å². The summed E-state index contributed by atoms with van der Waals surface area (Å²) < 4.78 is 18.4. The molecule has 1 aliphatic carbocycles. The number of hydrogen-bond acceptors (Lipinski definition) is 3. The van der Waals surface area contributed by atoms with Crippen LogP contribution in [0.25, 0.3) is 0 Å². The summed E-state index contributed by atoms with van der Waals surface area (Å²) in [5.74, 6) is 0. The van der Waals surface area contributed by atoms with Crippen LogP contribution in [0.3, 0.4) is 0 Å². The van der Waals surface area contributed by atoms with E-state index in [1.54, 1.807) is 0 Å². The first-order valence-corrected chi connectivity index (χ1v) is 13.3. The fourth-order valence-electron chi connectivity index (χ4n) is 3.38. The van der Waals surface area contributed by atoms with Gasteiger partial charge in [-0.1, -0.05) is 12.2 Å². The fraction of sp³-hybridized carbons (Fsp3) is 0.867. The van der Waals surface area contributed by atoms with Gasteiger partial charge in [0.05, 0.1) is 0 Å². The third kappa shape index (κ3) is 5.11. The van der Waals surface area contributed by atoms with Crippen molar-refractivity contribution in [1.82, 2.24) is 0 Å². The summed E-state index contributed by atoms with van der Waals surface area (Å²) in [5.41, 5.74) is 1.76. The second-order valence-electron chi connectivity index (χ2n) is 5.90. The maximum Gasteiger partial charge on any atom is 0.334 e. The molecule has 0 heterocycles. The van der Waals surface area contributed by atoms with Gasteiger partial charge in [-0.05, 0) is 58.7 Å². The standard InChI is InChI=1S/C15H32O3Si2/c1-6-16-19(4,15-12-10-9-11-13-15)14-20(5,17-7-2)18-8-3/h9-10,15H,6-8,11-14H2,1-5H3. The largest absolute Gasteiger partial charge is 0.417 e. The lowest BCUT2D eigenvalue weighted by molar-refractivity contribution is 0.190. The Morgan fingerprint density at radius 2 is 1.55 bits per heavy atom. The third-order valence-electron chi connectivity index (χ3n) is 4.18. The summed E-state index contributed by atoms with van der Waals surface area (Å²) >= 11 is 0. The van der Waals surface area contributed by atoms with E-state index in [0.717, 1.165) is 25.5 Å². The van der Waals surface area contributed by atoms with Crippen LogP contribution in [0.4, 0.5) is 0 Å². The average Bonchev–Trinajstić information content (AvgIpc) is 2.40. The molecule has 0 bridgehead atoms. The Kier molecular flexibility index (Phi) is 7.68. The molecule has 0 saturated carbocycles. The van der Waals surface area contributed by atoms with Gasteiger partial charge in [-0.3, -0.25) is 0 Å². The molecule has 0 aliphatic heterocycles. The Morgan fingerprint density at radius 3 is 2.00 bits per heavy atom. The van der Waals surface area contributed by atoms with Crippen LogP contribution < -0.4 is 0 Å². The van der Waals surface area contributed by atoms with E-state index >= 15 is 0 Å². The molecule has 0 aromatic rings. The minimum Gasteiger partial charge on any atom is -0.417 e. The normalized spacial score (nSPS) is 22.8. The van der Waals surface area contributed by atoms with Gasteiger partial charge < -0.3 is 13.3 Å². The second kappa shape index (κ2) is 8.49. The van der Waals surface area contributed by atoms with Gasteiger partial charge in [-0.2, -0.15) is 0 Å². The second-order valence-corrected chi connectivity index (χ2v) is 13.9. The first-order chi connectivity index (χ1) is 9.49. The Balaban J connectivity index is 2.84. The van der Waals surface area contributed by atoms with Crippen LogP contribution in [-0.4, -0.2) is 36.7 Å². The molecule has 0 spiro atoms. The van der Waals surface area contributed by atoms with Crippen LogP contribution in [0.2, 0.25) is 24.3 Å². The van der Waals surface area contributed by atoms with E-state index in [2.05, 4.69) is 46.0 Å². The van der Waals surface area contributed by atoms with Gasteiger partial charge in [0, 0.05) is 25.5 Å². The van der Waals surface area contributed by atoms with Gasteiger partial charge in [0.25, 0.3) is 0 Å². The lowest BCUT2D eigenvalue weighted by atomic mass is 10.1. The van der Waals surface area contributed by atoms with Crippen LogP contribution in [0, 0.1) is 0 Å². The first-order valence-electron chi connectivity index (χ1n) is 8.06. The Labute approximate surface area is 127 Å². The van der Waals surface area contributed by atoms with Crippen LogP contribution >= 0.6 is 0 Å². The third-order valence-corrected chi connectivity index (χ3v) is 14.6. The molecule has 0 amide bonds. The van der Waals surface area contributed by atoms with Crippen molar-refractivity contribution in [2.24, 2.45) is 0 Å². The summed E-state index contributed by atoms with van der Waals surface area (Å²) in [6.07, 6.45) is 8.27. The van der Waals surface area contributed by atoms with Crippen molar-refractivity contribution in [1.29, 1.82) is 0 Å². The lowest BCUT2D eigenvalue weighted by Crippen LogP contribution is -2.52. The Bertz CT molecular complexity index is 303. The lowest BCUT2D eigenvalue weighted by Gasteiger charge is -2.40. The predicted octanol–water partition coefficient (Wildman–Crippen LogP) is 4.39. The molecule has 2 unspecified atom stereocenters. The minimum absolute atomic E-state index is 0.709. The summed E-state index contributed by atoms with van der Waals surface area (Å²) in [6, 6.07) is 0. The molecule has 0 radical (unpaired) electrons. The zero-order valence-electron chi connectivity index (χ0n) is 13.9. The van der Waals surface area contributed by atoms with E-state index in [4.69, 9.17) is 13.3 Å². The molecule has 0 aromatic carbocycles. The van der Waals surface area contributed by atoms with Gasteiger partial charge in [0.15, 0.2) is 8.32 Å². The fourth-order valence-corrected chi connectivity index (χ4v) is 14.5. The van der Waals surface area contributed by atoms with Crippen molar-refractivity contribution < 1.29 is 13.3 Å². The van der Waals surface area contributed by atoms with Gasteiger partial charge in [0.2, 0.25) is 0 Å². The van der Waals surface area contributed by atoms with Crippen LogP contribution in [0.5, 0.6) is 0 Å². The van der Waals surface area contributed by atoms with Crippen molar-refractivity contribution in [3.8, 4) is 0 Å². The van der Waals surface area contributed by atoms with E-state index in [1.165, 1.54) is 19.3 Å². The van der Waals surface area contributed by atoms with Crippen molar-refractivity contribution in [2.45, 2.75) is 64.3 Å². The highest BCUT2D eigenvalue weighted by atomic mass is 28.4. The molecule has 2 atom stereocenters. The summed E-state index contributed by atoms with van der Waals surface area (Å²) in [4.78, 5) is 0. The topological polar surface area (TPSA) is 27.7 Å². The molecule has 0 aromatic heterocycles. The summed E-state index contributed by atoms with van der Waals surface area (Å²) in [7, 11) is -3.89. The highest BCUT2D eigenvalue weighted by Crippen LogP contribution is 2.39. The van der Waals surface area contributed by atoms with Crippen molar-refractivity contribution in [3.05, 3.63) is 12.2 Å². The Hall–Kier alpha value is 0.0538.